The van der Waals surface area contributed by atoms with Crippen molar-refractivity contribution in [2.45, 2.75) is 39.5 Å². The molecule has 1 aromatic heterocycles. The maximum Gasteiger partial charge on any atom is 0.255 e. The van der Waals surface area contributed by atoms with Crippen molar-refractivity contribution in [2.24, 2.45) is 11.8 Å². The smallest absolute Gasteiger partial charge is 0.255 e. The summed E-state index contributed by atoms with van der Waals surface area (Å²) in [6, 6.07) is 3.62. The van der Waals surface area contributed by atoms with E-state index in [1.807, 2.05) is 18.0 Å². The van der Waals surface area contributed by atoms with Gasteiger partial charge < -0.3 is 14.9 Å². The highest BCUT2D eigenvalue weighted by Gasteiger charge is 2.29. The van der Waals surface area contributed by atoms with Crippen LogP contribution in [0.15, 0.2) is 18.3 Å². The lowest BCUT2D eigenvalue weighted by Crippen LogP contribution is -2.42. The van der Waals surface area contributed by atoms with E-state index in [2.05, 4.69) is 18.8 Å². The van der Waals surface area contributed by atoms with E-state index < -0.39 is 0 Å². The quantitative estimate of drug-likeness (QED) is 0.769. The number of nitrogens with zero attached hydrogens (tertiary/aromatic N) is 3. The number of Topliss-reactive ketones (excluding diaryl/α,β-unsaturated/α-hetero) is 1. The van der Waals surface area contributed by atoms with Crippen LogP contribution in [0, 0.1) is 11.8 Å². The molecule has 1 atom stereocenters. The fourth-order valence-electron chi connectivity index (χ4n) is 3.34. The lowest BCUT2D eigenvalue weighted by Gasteiger charge is -2.32. The Balaban J connectivity index is 1.98. The molecule has 0 aliphatic carbocycles. The monoisotopic (exact) mass is 361 g/mol. The number of carbonyl (C=O) groups excluding carboxylic acids is 2. The number of piperidine rings is 1. The molecular weight excluding hydrogens is 330 g/mol. The molecule has 6 heteroatoms. The van der Waals surface area contributed by atoms with E-state index in [0.717, 1.165) is 18.7 Å². The fraction of sp³-hybridized carbons (Fsp3) is 0.650. The van der Waals surface area contributed by atoms with Crippen LogP contribution in [0.1, 0.15) is 49.9 Å². The van der Waals surface area contributed by atoms with Crippen LogP contribution in [0.25, 0.3) is 0 Å². The van der Waals surface area contributed by atoms with Crippen molar-refractivity contribution in [3.8, 4) is 0 Å². The van der Waals surface area contributed by atoms with Crippen LogP contribution in [0.5, 0.6) is 0 Å². The minimum atomic E-state index is -0.0518. The molecule has 0 bridgehead atoms. The first-order chi connectivity index (χ1) is 12.4. The number of carbonyl (C=O) groups is 2. The van der Waals surface area contributed by atoms with Crippen LogP contribution in [0.2, 0.25) is 0 Å². The van der Waals surface area contributed by atoms with Crippen molar-refractivity contribution in [1.82, 2.24) is 9.88 Å². The van der Waals surface area contributed by atoms with Crippen molar-refractivity contribution in [1.29, 1.82) is 0 Å². The normalized spacial score (nSPS) is 17.4. The molecule has 26 heavy (non-hydrogen) atoms. The van der Waals surface area contributed by atoms with E-state index >= 15 is 0 Å². The number of anilines is 1. The molecule has 0 radical (unpaired) electrons. The zero-order valence-electron chi connectivity index (χ0n) is 16.1. The van der Waals surface area contributed by atoms with Gasteiger partial charge in [-0.1, -0.05) is 13.8 Å². The summed E-state index contributed by atoms with van der Waals surface area (Å²) < 4.78 is 0. The van der Waals surface area contributed by atoms with E-state index in [9.17, 15) is 9.59 Å². The number of pyridine rings is 1. The Morgan fingerprint density at radius 2 is 2.15 bits per heavy atom. The molecule has 0 aromatic carbocycles. The van der Waals surface area contributed by atoms with E-state index in [-0.39, 0.29) is 24.2 Å². The first kappa shape index (κ1) is 20.4. The van der Waals surface area contributed by atoms with E-state index in [4.69, 9.17) is 5.11 Å². The summed E-state index contributed by atoms with van der Waals surface area (Å²) in [5, 5.41) is 8.91. The zero-order chi connectivity index (χ0) is 19.1. The number of rotatable bonds is 8. The molecule has 0 unspecified atom stereocenters. The summed E-state index contributed by atoms with van der Waals surface area (Å²) in [5.74, 6) is 1.32. The summed E-state index contributed by atoms with van der Waals surface area (Å²) in [5.41, 5.74) is 0.557. The molecule has 1 aromatic rings. The Labute approximate surface area is 156 Å². The van der Waals surface area contributed by atoms with Gasteiger partial charge in [0.05, 0.1) is 5.56 Å². The SMILES string of the molecule is CC(C)CC(=O)[C@@H]1CCCN(C(=O)c2ccc(N(C)CCCO)nc2)C1. The van der Waals surface area contributed by atoms with Crippen molar-refractivity contribution in [3.63, 3.8) is 0 Å². The zero-order valence-corrected chi connectivity index (χ0v) is 16.1. The topological polar surface area (TPSA) is 73.7 Å². The second kappa shape index (κ2) is 9.67. The highest BCUT2D eigenvalue weighted by molar-refractivity contribution is 5.94. The number of aliphatic hydroxyl groups is 1. The van der Waals surface area contributed by atoms with Crippen LogP contribution >= 0.6 is 0 Å². The number of likely N-dealkylation sites (tertiary alicyclic amines) is 1. The molecule has 1 saturated heterocycles. The minimum Gasteiger partial charge on any atom is -0.396 e. The average molecular weight is 361 g/mol. The largest absolute Gasteiger partial charge is 0.396 e. The molecule has 2 heterocycles. The summed E-state index contributed by atoms with van der Waals surface area (Å²) >= 11 is 0. The molecule has 0 saturated carbocycles. The first-order valence-electron chi connectivity index (χ1n) is 9.52. The summed E-state index contributed by atoms with van der Waals surface area (Å²) in [6.45, 7) is 6.17. The first-order valence-corrected chi connectivity index (χ1v) is 9.52. The van der Waals surface area contributed by atoms with Crippen LogP contribution in [-0.2, 0) is 4.79 Å². The van der Waals surface area contributed by atoms with Gasteiger partial charge in [-0.15, -0.1) is 0 Å². The molecule has 1 amide bonds. The maximum atomic E-state index is 12.8. The highest BCUT2D eigenvalue weighted by atomic mass is 16.3. The maximum absolute atomic E-state index is 12.8. The van der Waals surface area contributed by atoms with E-state index in [1.165, 1.54) is 0 Å². The molecule has 144 valence electrons. The molecule has 1 aliphatic rings. The standard InChI is InChI=1S/C20H31N3O3/c1-15(2)12-18(25)17-6-4-10-23(14-17)20(26)16-7-8-19(21-13-16)22(3)9-5-11-24/h7-8,13,15,17,24H,4-6,9-12,14H2,1-3H3/t17-/m1/s1. The second-order valence-corrected chi connectivity index (χ2v) is 7.56. The Hall–Kier alpha value is -1.95. The lowest BCUT2D eigenvalue weighted by molar-refractivity contribution is -0.124. The number of ketones is 1. The van der Waals surface area contributed by atoms with Gasteiger partial charge >= 0.3 is 0 Å². The van der Waals surface area contributed by atoms with Gasteiger partial charge in [-0.05, 0) is 37.3 Å². The molecule has 1 aliphatic heterocycles. The predicted molar refractivity (Wildman–Crippen MR) is 102 cm³/mol. The van der Waals surface area contributed by atoms with Gasteiger partial charge in [-0.25, -0.2) is 4.98 Å². The van der Waals surface area contributed by atoms with Crippen LogP contribution in [-0.4, -0.2) is 60.0 Å². The van der Waals surface area contributed by atoms with Crippen molar-refractivity contribution >= 4 is 17.5 Å². The Morgan fingerprint density at radius 3 is 2.77 bits per heavy atom. The van der Waals surface area contributed by atoms with Gasteiger partial charge in [0.15, 0.2) is 0 Å². The molecule has 1 fully saturated rings. The van der Waals surface area contributed by atoms with E-state index in [0.29, 0.717) is 44.0 Å². The van der Waals surface area contributed by atoms with Gasteiger partial charge in [0.1, 0.15) is 11.6 Å². The van der Waals surface area contributed by atoms with Gasteiger partial charge in [0, 0.05) is 51.8 Å². The third kappa shape index (κ3) is 5.53. The average Bonchev–Trinajstić information content (AvgIpc) is 2.65. The minimum absolute atomic E-state index is 0.0352. The number of hydrogen-bond donors (Lipinski definition) is 1. The number of amides is 1. The third-order valence-corrected chi connectivity index (χ3v) is 4.81. The van der Waals surface area contributed by atoms with Crippen molar-refractivity contribution in [3.05, 3.63) is 23.9 Å². The van der Waals surface area contributed by atoms with Crippen molar-refractivity contribution < 1.29 is 14.7 Å². The van der Waals surface area contributed by atoms with E-state index in [1.54, 1.807) is 17.2 Å². The molecule has 2 rings (SSSR count). The van der Waals surface area contributed by atoms with Crippen LogP contribution < -0.4 is 4.90 Å². The van der Waals surface area contributed by atoms with Crippen LogP contribution in [0.4, 0.5) is 5.82 Å². The van der Waals surface area contributed by atoms with Gasteiger partial charge in [-0.2, -0.15) is 0 Å². The summed E-state index contributed by atoms with van der Waals surface area (Å²) in [6.07, 6.45) is 4.62. The predicted octanol–water partition coefficient (Wildman–Crippen LogP) is 2.37. The lowest BCUT2D eigenvalue weighted by atomic mass is 9.89. The highest BCUT2D eigenvalue weighted by Crippen LogP contribution is 2.22. The Kier molecular flexibility index (Phi) is 7.57. The fourth-order valence-corrected chi connectivity index (χ4v) is 3.34. The van der Waals surface area contributed by atoms with Gasteiger partial charge in [0.25, 0.3) is 5.91 Å². The van der Waals surface area contributed by atoms with Crippen molar-refractivity contribution in [2.75, 3.05) is 38.2 Å². The second-order valence-electron chi connectivity index (χ2n) is 7.56. The Morgan fingerprint density at radius 1 is 1.38 bits per heavy atom. The summed E-state index contributed by atoms with van der Waals surface area (Å²) in [7, 11) is 1.91. The number of aliphatic hydroxyl groups excluding tert-OH is 1. The number of aromatic nitrogens is 1. The molecule has 1 N–H and O–H groups in total. The molecule has 6 nitrogen and oxygen atoms in total. The van der Waals surface area contributed by atoms with Gasteiger partial charge in [-0.3, -0.25) is 9.59 Å². The third-order valence-electron chi connectivity index (χ3n) is 4.81. The molecular formula is C20H31N3O3. The summed E-state index contributed by atoms with van der Waals surface area (Å²) in [4.78, 5) is 33.2. The van der Waals surface area contributed by atoms with Gasteiger partial charge in [0.2, 0.25) is 0 Å². The number of hydrogen-bond acceptors (Lipinski definition) is 5. The molecule has 0 spiro atoms. The van der Waals surface area contributed by atoms with Crippen LogP contribution in [0.3, 0.4) is 0 Å². The Bertz CT molecular complexity index is 601.